The van der Waals surface area contributed by atoms with Crippen molar-refractivity contribution in [2.75, 3.05) is 19.6 Å². The Bertz CT molecular complexity index is 846. The molecular formula is C20H24N2O3. The third-order valence-corrected chi connectivity index (χ3v) is 5.46. The van der Waals surface area contributed by atoms with Gasteiger partial charge in [-0.25, -0.2) is 4.79 Å². The zero-order valence-corrected chi connectivity index (χ0v) is 14.6. The number of aryl methyl sites for hydroxylation is 1. The lowest BCUT2D eigenvalue weighted by atomic mass is 10.0. The van der Waals surface area contributed by atoms with E-state index in [4.69, 9.17) is 4.42 Å². The zero-order chi connectivity index (χ0) is 17.4. The highest BCUT2D eigenvalue weighted by molar-refractivity contribution is 5.99. The normalized spacial score (nSPS) is 18.7. The Morgan fingerprint density at radius 3 is 2.64 bits per heavy atom. The van der Waals surface area contributed by atoms with Gasteiger partial charge < -0.3 is 14.6 Å². The van der Waals surface area contributed by atoms with E-state index in [0.717, 1.165) is 30.7 Å². The number of hydrogen-bond acceptors (Lipinski definition) is 4. The molecular weight excluding hydrogens is 316 g/mol. The Hall–Kier alpha value is -2.14. The average molecular weight is 340 g/mol. The van der Waals surface area contributed by atoms with Gasteiger partial charge in [-0.3, -0.25) is 4.79 Å². The highest BCUT2D eigenvalue weighted by Crippen LogP contribution is 2.28. The van der Waals surface area contributed by atoms with Crippen molar-refractivity contribution in [3.63, 3.8) is 0 Å². The van der Waals surface area contributed by atoms with Crippen molar-refractivity contribution in [1.82, 2.24) is 10.2 Å². The van der Waals surface area contributed by atoms with Crippen LogP contribution in [-0.2, 0) is 0 Å². The van der Waals surface area contributed by atoms with E-state index in [-0.39, 0.29) is 11.5 Å². The molecule has 1 aliphatic carbocycles. The van der Waals surface area contributed by atoms with E-state index in [1.165, 1.54) is 12.8 Å². The second kappa shape index (κ2) is 6.64. The first-order valence-corrected chi connectivity index (χ1v) is 9.18. The number of carbonyl (C=O) groups is 1. The monoisotopic (exact) mass is 340 g/mol. The Kier molecular flexibility index (Phi) is 4.34. The van der Waals surface area contributed by atoms with Crippen molar-refractivity contribution in [1.29, 1.82) is 0 Å². The summed E-state index contributed by atoms with van der Waals surface area (Å²) >= 11 is 0. The molecule has 0 unspecified atom stereocenters. The number of hydrogen-bond donors (Lipinski definition) is 1. The standard InChI is InChI=1S/C20H24N2O3/c1-13-16-4-2-3-5-17(16)25-20(24)18(13)19(23)22-10-8-15(9-11-22)21-12-14-6-7-14/h2-5,14-15,21H,6-12H2,1H3. The number of nitrogens with zero attached hydrogens (tertiary/aromatic N) is 1. The van der Waals surface area contributed by atoms with Crippen molar-refractivity contribution in [2.24, 2.45) is 5.92 Å². The molecule has 1 aromatic carbocycles. The molecule has 1 saturated heterocycles. The predicted octanol–water partition coefficient (Wildman–Crippen LogP) is 2.71. The van der Waals surface area contributed by atoms with Crippen LogP contribution < -0.4 is 10.9 Å². The van der Waals surface area contributed by atoms with Gasteiger partial charge in [0.05, 0.1) is 0 Å². The van der Waals surface area contributed by atoms with E-state index < -0.39 is 5.63 Å². The average Bonchev–Trinajstić information content (AvgIpc) is 3.45. The molecule has 0 atom stereocenters. The van der Waals surface area contributed by atoms with Crippen molar-refractivity contribution in [3.05, 3.63) is 45.8 Å². The number of para-hydroxylation sites is 1. The summed E-state index contributed by atoms with van der Waals surface area (Å²) in [6, 6.07) is 7.85. The smallest absolute Gasteiger partial charge is 0.349 e. The molecule has 5 heteroatoms. The molecule has 0 spiro atoms. The Morgan fingerprint density at radius 2 is 1.92 bits per heavy atom. The van der Waals surface area contributed by atoms with E-state index in [0.29, 0.717) is 30.3 Å². The highest BCUT2D eigenvalue weighted by Gasteiger charge is 2.28. The van der Waals surface area contributed by atoms with Gasteiger partial charge in [-0.05, 0) is 56.7 Å². The summed E-state index contributed by atoms with van der Waals surface area (Å²) in [6.07, 6.45) is 4.58. The number of nitrogens with one attached hydrogen (secondary N) is 1. The van der Waals surface area contributed by atoms with Gasteiger partial charge in [0.25, 0.3) is 5.91 Å². The molecule has 1 saturated carbocycles. The Morgan fingerprint density at radius 1 is 1.20 bits per heavy atom. The number of benzene rings is 1. The van der Waals surface area contributed by atoms with Crippen LogP contribution in [0.1, 0.15) is 41.6 Å². The molecule has 1 amide bonds. The summed E-state index contributed by atoms with van der Waals surface area (Å²) < 4.78 is 5.36. The fraction of sp³-hybridized carbons (Fsp3) is 0.500. The fourth-order valence-electron chi connectivity index (χ4n) is 3.65. The van der Waals surface area contributed by atoms with Crippen LogP contribution in [0.15, 0.2) is 33.5 Å². The number of fused-ring (bicyclic) bond motifs is 1. The van der Waals surface area contributed by atoms with Crippen LogP contribution >= 0.6 is 0 Å². The summed E-state index contributed by atoms with van der Waals surface area (Å²) in [6.45, 7) is 4.31. The SMILES string of the molecule is Cc1c(C(=O)N2CCC(NCC3CC3)CC2)c(=O)oc2ccccc12. The first-order chi connectivity index (χ1) is 12.1. The Labute approximate surface area is 147 Å². The van der Waals surface area contributed by atoms with Crippen molar-refractivity contribution >= 4 is 16.9 Å². The van der Waals surface area contributed by atoms with Crippen LogP contribution in [0.2, 0.25) is 0 Å². The minimum absolute atomic E-state index is 0.183. The molecule has 2 fully saturated rings. The predicted molar refractivity (Wildman–Crippen MR) is 96.9 cm³/mol. The van der Waals surface area contributed by atoms with E-state index in [1.54, 1.807) is 11.0 Å². The van der Waals surface area contributed by atoms with Gasteiger partial charge in [0.15, 0.2) is 0 Å². The van der Waals surface area contributed by atoms with Crippen LogP contribution in [0.4, 0.5) is 0 Å². The second-order valence-electron chi connectivity index (χ2n) is 7.30. The number of carbonyl (C=O) groups excluding carboxylic acids is 1. The third-order valence-electron chi connectivity index (χ3n) is 5.46. The van der Waals surface area contributed by atoms with Crippen LogP contribution in [0.5, 0.6) is 0 Å². The van der Waals surface area contributed by atoms with E-state index in [9.17, 15) is 9.59 Å². The molecule has 25 heavy (non-hydrogen) atoms. The van der Waals surface area contributed by atoms with E-state index in [2.05, 4.69) is 5.32 Å². The fourth-order valence-corrected chi connectivity index (χ4v) is 3.65. The number of rotatable bonds is 4. The molecule has 1 aromatic heterocycles. The third kappa shape index (κ3) is 3.33. The molecule has 5 nitrogen and oxygen atoms in total. The first kappa shape index (κ1) is 16.3. The van der Waals surface area contributed by atoms with Gasteiger partial charge in [0.1, 0.15) is 11.1 Å². The van der Waals surface area contributed by atoms with Crippen LogP contribution in [-0.4, -0.2) is 36.5 Å². The molecule has 1 N–H and O–H groups in total. The maximum absolute atomic E-state index is 12.9. The molecule has 2 aliphatic rings. The zero-order valence-electron chi connectivity index (χ0n) is 14.6. The van der Waals surface area contributed by atoms with Crippen LogP contribution in [0.3, 0.4) is 0 Å². The lowest BCUT2D eigenvalue weighted by molar-refractivity contribution is 0.0700. The molecule has 0 bridgehead atoms. The van der Waals surface area contributed by atoms with E-state index >= 15 is 0 Å². The van der Waals surface area contributed by atoms with E-state index in [1.807, 2.05) is 25.1 Å². The maximum atomic E-state index is 12.9. The van der Waals surface area contributed by atoms with Crippen molar-refractivity contribution < 1.29 is 9.21 Å². The topological polar surface area (TPSA) is 62.6 Å². The molecule has 2 heterocycles. The minimum Gasteiger partial charge on any atom is -0.422 e. The summed E-state index contributed by atoms with van der Waals surface area (Å²) in [4.78, 5) is 27.1. The summed E-state index contributed by atoms with van der Waals surface area (Å²) in [5.74, 6) is 0.669. The lowest BCUT2D eigenvalue weighted by Crippen LogP contribution is -2.46. The van der Waals surface area contributed by atoms with Gasteiger partial charge >= 0.3 is 5.63 Å². The lowest BCUT2D eigenvalue weighted by Gasteiger charge is -2.32. The van der Waals surface area contributed by atoms with Gasteiger partial charge in [-0.2, -0.15) is 0 Å². The number of amides is 1. The number of piperidine rings is 1. The minimum atomic E-state index is -0.532. The van der Waals surface area contributed by atoms with Crippen LogP contribution in [0.25, 0.3) is 11.0 Å². The number of likely N-dealkylation sites (tertiary alicyclic amines) is 1. The molecule has 4 rings (SSSR count). The van der Waals surface area contributed by atoms with Crippen molar-refractivity contribution in [2.45, 2.75) is 38.6 Å². The molecule has 132 valence electrons. The summed E-state index contributed by atoms with van der Waals surface area (Å²) in [5, 5.41) is 4.44. The maximum Gasteiger partial charge on any atom is 0.349 e. The molecule has 2 aromatic rings. The second-order valence-corrected chi connectivity index (χ2v) is 7.30. The van der Waals surface area contributed by atoms with Gasteiger partial charge in [0, 0.05) is 24.5 Å². The highest BCUT2D eigenvalue weighted by atomic mass is 16.4. The molecule has 0 radical (unpaired) electrons. The summed E-state index contributed by atoms with van der Waals surface area (Å²) in [7, 11) is 0. The van der Waals surface area contributed by atoms with Gasteiger partial charge in [-0.15, -0.1) is 0 Å². The van der Waals surface area contributed by atoms with Crippen LogP contribution in [0, 0.1) is 12.8 Å². The van der Waals surface area contributed by atoms with Gasteiger partial charge in [0.2, 0.25) is 0 Å². The van der Waals surface area contributed by atoms with Gasteiger partial charge in [-0.1, -0.05) is 18.2 Å². The first-order valence-electron chi connectivity index (χ1n) is 9.18. The quantitative estimate of drug-likeness (QED) is 0.869. The van der Waals surface area contributed by atoms with Crippen molar-refractivity contribution in [3.8, 4) is 0 Å². The largest absolute Gasteiger partial charge is 0.422 e. The molecule has 1 aliphatic heterocycles. The summed E-state index contributed by atoms with van der Waals surface area (Å²) in [5.41, 5.74) is 0.897. The Balaban J connectivity index is 1.49.